The molecule has 1 fully saturated rings. The van der Waals surface area contributed by atoms with Gasteiger partial charge in [0.15, 0.2) is 9.84 Å². The number of sulfone groups is 1. The van der Waals surface area contributed by atoms with Crippen LogP contribution in [0.5, 0.6) is 0 Å². The fourth-order valence-corrected chi connectivity index (χ4v) is 4.27. The van der Waals surface area contributed by atoms with Crippen molar-refractivity contribution in [1.29, 1.82) is 0 Å². The zero-order chi connectivity index (χ0) is 11.8. The van der Waals surface area contributed by atoms with E-state index in [1.54, 1.807) is 0 Å². The summed E-state index contributed by atoms with van der Waals surface area (Å²) in [4.78, 5) is 0. The summed E-state index contributed by atoms with van der Waals surface area (Å²) < 4.78 is 24.3. The molecule has 5 heteroatoms. The van der Waals surface area contributed by atoms with E-state index in [2.05, 4.69) is 21.2 Å². The van der Waals surface area contributed by atoms with Crippen LogP contribution in [0.3, 0.4) is 0 Å². The van der Waals surface area contributed by atoms with E-state index >= 15 is 0 Å². The summed E-state index contributed by atoms with van der Waals surface area (Å²) in [6, 6.07) is 7.70. The number of rotatable bonds is 1. The Bertz CT molecular complexity index is 487. The van der Waals surface area contributed by atoms with Gasteiger partial charge in [-0.2, -0.15) is 0 Å². The molecule has 2 unspecified atom stereocenters. The van der Waals surface area contributed by atoms with Crippen LogP contribution in [0.15, 0.2) is 28.7 Å². The van der Waals surface area contributed by atoms with Crippen molar-refractivity contribution in [3.63, 3.8) is 0 Å². The number of halogens is 1. The number of hydrogen-bond acceptors (Lipinski definition) is 3. The summed E-state index contributed by atoms with van der Waals surface area (Å²) in [6.07, 6.45) is 0. The predicted molar refractivity (Wildman–Crippen MR) is 68.1 cm³/mol. The minimum atomic E-state index is -2.92. The van der Waals surface area contributed by atoms with E-state index in [4.69, 9.17) is 0 Å². The monoisotopic (exact) mass is 303 g/mol. The molecule has 0 bridgehead atoms. The fourth-order valence-electron chi connectivity index (χ4n) is 2.06. The smallest absolute Gasteiger partial charge is 0.153 e. The summed E-state index contributed by atoms with van der Waals surface area (Å²) in [6.45, 7) is 1.90. The molecule has 0 saturated carbocycles. The van der Waals surface area contributed by atoms with Crippen LogP contribution in [-0.2, 0) is 9.84 Å². The van der Waals surface area contributed by atoms with Gasteiger partial charge in [-0.3, -0.25) is 0 Å². The normalized spacial score (nSPS) is 28.9. The fraction of sp³-hybridized carbons (Fsp3) is 0.455. The molecule has 1 aromatic rings. The second kappa shape index (κ2) is 4.47. The van der Waals surface area contributed by atoms with Crippen LogP contribution < -0.4 is 5.32 Å². The van der Waals surface area contributed by atoms with Gasteiger partial charge in [0.1, 0.15) is 0 Å². The van der Waals surface area contributed by atoms with Crippen LogP contribution in [0.25, 0.3) is 0 Å². The molecule has 1 aliphatic rings. The number of hydrogen-bond donors (Lipinski definition) is 1. The molecule has 1 N–H and O–H groups in total. The molecule has 0 amide bonds. The van der Waals surface area contributed by atoms with E-state index in [9.17, 15) is 8.42 Å². The van der Waals surface area contributed by atoms with E-state index in [0.29, 0.717) is 0 Å². The highest BCUT2D eigenvalue weighted by Gasteiger charge is 2.29. The van der Waals surface area contributed by atoms with Crippen molar-refractivity contribution in [3.05, 3.63) is 34.3 Å². The van der Waals surface area contributed by atoms with Crippen LogP contribution in [-0.4, -0.2) is 26.0 Å². The summed E-state index contributed by atoms with van der Waals surface area (Å²) in [5, 5.41) is 3.32. The van der Waals surface area contributed by atoms with Gasteiger partial charge in [-0.15, -0.1) is 0 Å². The minimum Gasteiger partial charge on any atom is -0.306 e. The molecule has 0 aromatic heterocycles. The highest BCUT2D eigenvalue weighted by atomic mass is 79.9. The van der Waals surface area contributed by atoms with Gasteiger partial charge in [-0.25, -0.2) is 8.42 Å². The number of nitrogens with one attached hydrogen (secondary N) is 1. The Morgan fingerprint density at radius 2 is 2.12 bits per heavy atom. The SMILES string of the molecule is CC1CS(=O)(=O)CC(c2cccc(Br)c2)N1. The Morgan fingerprint density at radius 3 is 2.75 bits per heavy atom. The Morgan fingerprint density at radius 1 is 1.38 bits per heavy atom. The summed E-state index contributed by atoms with van der Waals surface area (Å²) in [5.41, 5.74) is 1.02. The van der Waals surface area contributed by atoms with Crippen molar-refractivity contribution in [2.75, 3.05) is 11.5 Å². The van der Waals surface area contributed by atoms with Crippen molar-refractivity contribution in [1.82, 2.24) is 5.32 Å². The molecule has 0 radical (unpaired) electrons. The average molecular weight is 304 g/mol. The van der Waals surface area contributed by atoms with Crippen LogP contribution in [0.4, 0.5) is 0 Å². The third-order valence-electron chi connectivity index (χ3n) is 2.66. The lowest BCUT2D eigenvalue weighted by Crippen LogP contribution is -2.45. The molecule has 1 saturated heterocycles. The van der Waals surface area contributed by atoms with E-state index in [1.165, 1.54) is 0 Å². The van der Waals surface area contributed by atoms with E-state index in [-0.39, 0.29) is 23.6 Å². The van der Waals surface area contributed by atoms with Crippen molar-refractivity contribution < 1.29 is 8.42 Å². The zero-order valence-corrected chi connectivity index (χ0v) is 11.4. The first kappa shape index (κ1) is 12.1. The molecule has 1 heterocycles. The van der Waals surface area contributed by atoms with Crippen LogP contribution >= 0.6 is 15.9 Å². The largest absolute Gasteiger partial charge is 0.306 e. The first-order valence-electron chi connectivity index (χ1n) is 5.18. The molecular formula is C11H14BrNO2S. The molecule has 88 valence electrons. The van der Waals surface area contributed by atoms with E-state index in [1.807, 2.05) is 31.2 Å². The first-order valence-corrected chi connectivity index (χ1v) is 7.80. The van der Waals surface area contributed by atoms with Crippen molar-refractivity contribution in [3.8, 4) is 0 Å². The van der Waals surface area contributed by atoms with E-state index in [0.717, 1.165) is 10.0 Å². The van der Waals surface area contributed by atoms with Gasteiger partial charge in [0, 0.05) is 16.6 Å². The van der Waals surface area contributed by atoms with Gasteiger partial charge in [0.2, 0.25) is 0 Å². The lowest BCUT2D eigenvalue weighted by Gasteiger charge is -2.29. The summed E-state index contributed by atoms with van der Waals surface area (Å²) in [7, 11) is -2.92. The lowest BCUT2D eigenvalue weighted by atomic mass is 10.1. The Labute approximate surface area is 104 Å². The van der Waals surface area contributed by atoms with Gasteiger partial charge in [-0.1, -0.05) is 28.1 Å². The highest BCUT2D eigenvalue weighted by Crippen LogP contribution is 2.23. The topological polar surface area (TPSA) is 46.2 Å². The van der Waals surface area contributed by atoms with Crippen LogP contribution in [0.2, 0.25) is 0 Å². The van der Waals surface area contributed by atoms with Crippen LogP contribution in [0.1, 0.15) is 18.5 Å². The van der Waals surface area contributed by atoms with Gasteiger partial charge in [0.25, 0.3) is 0 Å². The third-order valence-corrected chi connectivity index (χ3v) is 5.00. The molecule has 1 aromatic carbocycles. The third kappa shape index (κ3) is 2.84. The molecule has 0 aliphatic carbocycles. The second-order valence-corrected chi connectivity index (χ2v) is 7.32. The molecule has 16 heavy (non-hydrogen) atoms. The molecular weight excluding hydrogens is 290 g/mol. The second-order valence-electron chi connectivity index (χ2n) is 4.25. The van der Waals surface area contributed by atoms with Crippen molar-refractivity contribution >= 4 is 25.8 Å². The Hall–Kier alpha value is -0.390. The molecule has 0 spiro atoms. The maximum atomic E-state index is 11.7. The van der Waals surface area contributed by atoms with Gasteiger partial charge < -0.3 is 5.32 Å². The van der Waals surface area contributed by atoms with Gasteiger partial charge in [-0.05, 0) is 24.6 Å². The maximum Gasteiger partial charge on any atom is 0.153 e. The zero-order valence-electron chi connectivity index (χ0n) is 8.98. The Kier molecular flexibility index (Phi) is 3.37. The molecule has 3 nitrogen and oxygen atoms in total. The quantitative estimate of drug-likeness (QED) is 0.862. The summed E-state index contributed by atoms with van der Waals surface area (Å²) in [5.74, 6) is 0.422. The van der Waals surface area contributed by atoms with E-state index < -0.39 is 9.84 Å². The molecule has 1 aliphatic heterocycles. The van der Waals surface area contributed by atoms with Crippen LogP contribution in [0, 0.1) is 0 Å². The maximum absolute atomic E-state index is 11.7. The number of benzene rings is 1. The standard InChI is InChI=1S/C11H14BrNO2S/c1-8-6-16(14,15)7-11(13-8)9-3-2-4-10(12)5-9/h2-5,8,11,13H,6-7H2,1H3. The molecule has 2 atom stereocenters. The average Bonchev–Trinajstić information content (AvgIpc) is 2.14. The predicted octanol–water partition coefficient (Wildman–Crippen LogP) is 1.90. The van der Waals surface area contributed by atoms with Crippen molar-refractivity contribution in [2.24, 2.45) is 0 Å². The summed E-state index contributed by atoms with van der Waals surface area (Å²) >= 11 is 3.40. The highest BCUT2D eigenvalue weighted by molar-refractivity contribution is 9.10. The van der Waals surface area contributed by atoms with Gasteiger partial charge >= 0.3 is 0 Å². The Balaban J connectivity index is 2.28. The first-order chi connectivity index (χ1) is 7.46. The lowest BCUT2D eigenvalue weighted by molar-refractivity contribution is 0.468. The minimum absolute atomic E-state index is 0.0164. The van der Waals surface area contributed by atoms with Crippen molar-refractivity contribution in [2.45, 2.75) is 19.0 Å². The molecule has 2 rings (SSSR count). The van der Waals surface area contributed by atoms with Gasteiger partial charge in [0.05, 0.1) is 11.5 Å².